The van der Waals surface area contributed by atoms with E-state index in [4.69, 9.17) is 9.47 Å². The van der Waals surface area contributed by atoms with Gasteiger partial charge in [0.2, 0.25) is 11.8 Å². The van der Waals surface area contributed by atoms with Crippen LogP contribution in [-0.4, -0.2) is 82.3 Å². The molecule has 4 rings (SSSR count). The van der Waals surface area contributed by atoms with Crippen LogP contribution < -0.4 is 0 Å². The Balaban J connectivity index is 1.89. The van der Waals surface area contributed by atoms with Gasteiger partial charge in [-0.1, -0.05) is 24.3 Å². The van der Waals surface area contributed by atoms with Crippen LogP contribution in [0.2, 0.25) is 0 Å². The van der Waals surface area contributed by atoms with Gasteiger partial charge in [-0.3, -0.25) is 14.4 Å². The minimum Gasteiger partial charge on any atom is -0.465 e. The van der Waals surface area contributed by atoms with Crippen molar-refractivity contribution < 1.29 is 29.0 Å². The second-order valence-corrected chi connectivity index (χ2v) is 8.60. The summed E-state index contributed by atoms with van der Waals surface area (Å²) in [5.74, 6) is -2.81. The highest BCUT2D eigenvalue weighted by Crippen LogP contribution is 2.57. The second kappa shape index (κ2) is 6.95. The molecule has 4 heterocycles. The maximum Gasteiger partial charge on any atom is 0.313 e. The molecule has 4 aliphatic heterocycles. The van der Waals surface area contributed by atoms with Crippen molar-refractivity contribution in [2.75, 3.05) is 26.3 Å². The van der Waals surface area contributed by atoms with Gasteiger partial charge in [0.25, 0.3) is 0 Å². The maximum atomic E-state index is 13.6. The number of cyclic esters (lactones) is 1. The molecule has 2 fully saturated rings. The molecular formula is C21H28N2O6. The minimum absolute atomic E-state index is 0.00491. The Morgan fingerprint density at radius 1 is 1.17 bits per heavy atom. The highest BCUT2D eigenvalue weighted by molar-refractivity contribution is 5.99. The van der Waals surface area contributed by atoms with Gasteiger partial charge in [0.1, 0.15) is 17.6 Å². The first-order valence-corrected chi connectivity index (χ1v) is 10.2. The van der Waals surface area contributed by atoms with E-state index < -0.39 is 35.0 Å². The van der Waals surface area contributed by atoms with Gasteiger partial charge in [-0.25, -0.2) is 0 Å². The average Bonchev–Trinajstić information content (AvgIpc) is 2.95. The zero-order valence-electron chi connectivity index (χ0n) is 17.0. The zero-order valence-corrected chi connectivity index (χ0v) is 17.0. The van der Waals surface area contributed by atoms with Crippen LogP contribution in [0.3, 0.4) is 0 Å². The second-order valence-electron chi connectivity index (χ2n) is 8.60. The normalized spacial score (nSPS) is 39.1. The summed E-state index contributed by atoms with van der Waals surface area (Å²) in [6, 6.07) is -0.998. The van der Waals surface area contributed by atoms with E-state index in [2.05, 4.69) is 0 Å². The number of carbonyl (C=O) groups is 3. The number of amides is 2. The van der Waals surface area contributed by atoms with Crippen LogP contribution in [0.1, 0.15) is 27.2 Å². The third-order valence-electron chi connectivity index (χ3n) is 6.52. The molecule has 0 aliphatic carbocycles. The predicted molar refractivity (Wildman–Crippen MR) is 102 cm³/mol. The summed E-state index contributed by atoms with van der Waals surface area (Å²) in [7, 11) is 0. The Hall–Kier alpha value is -2.19. The lowest BCUT2D eigenvalue weighted by Crippen LogP contribution is -2.57. The van der Waals surface area contributed by atoms with Crippen molar-refractivity contribution in [3.8, 4) is 0 Å². The van der Waals surface area contributed by atoms with Crippen LogP contribution in [0.25, 0.3) is 0 Å². The van der Waals surface area contributed by atoms with Crippen molar-refractivity contribution in [1.82, 2.24) is 9.80 Å². The van der Waals surface area contributed by atoms with Crippen molar-refractivity contribution in [3.63, 3.8) is 0 Å². The molecule has 4 aliphatic rings. The highest BCUT2D eigenvalue weighted by Gasteiger charge is 2.74. The largest absolute Gasteiger partial charge is 0.465 e. The monoisotopic (exact) mass is 404 g/mol. The fraction of sp³-hybridized carbons (Fsp3) is 0.667. The lowest BCUT2D eigenvalue weighted by atomic mass is 9.74. The lowest BCUT2D eigenvalue weighted by Gasteiger charge is -2.38. The first-order valence-electron chi connectivity index (χ1n) is 10.2. The molecule has 2 saturated heterocycles. The van der Waals surface area contributed by atoms with Gasteiger partial charge in [0, 0.05) is 19.1 Å². The molecule has 0 radical (unpaired) electrons. The summed E-state index contributed by atoms with van der Waals surface area (Å²) in [4.78, 5) is 43.1. The SMILES string of the molecule is CC(C)N1CC=C[C@]23O[C@@]4(C)C=CCCOC(=O)[C@H]4[C@H]2C(=O)N(CCO)C3C1=O. The highest BCUT2D eigenvalue weighted by atomic mass is 16.6. The smallest absolute Gasteiger partial charge is 0.313 e. The van der Waals surface area contributed by atoms with Crippen molar-refractivity contribution >= 4 is 17.8 Å². The van der Waals surface area contributed by atoms with E-state index in [9.17, 15) is 19.5 Å². The summed E-state index contributed by atoms with van der Waals surface area (Å²) < 4.78 is 11.9. The summed E-state index contributed by atoms with van der Waals surface area (Å²) >= 11 is 0. The van der Waals surface area contributed by atoms with Gasteiger partial charge in [-0.05, 0) is 27.2 Å². The van der Waals surface area contributed by atoms with Crippen molar-refractivity contribution in [2.45, 2.75) is 50.5 Å². The number of aliphatic hydroxyl groups is 1. The molecule has 0 saturated carbocycles. The summed E-state index contributed by atoms with van der Waals surface area (Å²) in [6.45, 7) is 5.97. The van der Waals surface area contributed by atoms with E-state index in [0.29, 0.717) is 13.0 Å². The van der Waals surface area contributed by atoms with Crippen LogP contribution >= 0.6 is 0 Å². The standard InChI is InChI=1S/C21H28N2O6/c1-13(2)22-9-6-8-21-14(17(25)23(10-11-24)16(21)18(22)26)15-19(27)28-12-5-4-7-20(15,3)29-21/h4,6-8,13-16,24H,5,9-12H2,1-3H3/t14-,15+,16?,20-,21-/m0/s1. The molecule has 1 spiro atoms. The van der Waals surface area contributed by atoms with Crippen molar-refractivity contribution in [2.24, 2.45) is 11.8 Å². The molecule has 0 aromatic heterocycles. The summed E-state index contributed by atoms with van der Waals surface area (Å²) in [5, 5.41) is 9.56. The van der Waals surface area contributed by atoms with Gasteiger partial charge >= 0.3 is 5.97 Å². The number of ether oxygens (including phenoxy) is 2. The molecule has 8 nitrogen and oxygen atoms in total. The number of carbonyl (C=O) groups excluding carboxylic acids is 3. The van der Waals surface area contributed by atoms with Crippen LogP contribution in [-0.2, 0) is 23.9 Å². The van der Waals surface area contributed by atoms with Gasteiger partial charge in [0.05, 0.1) is 24.7 Å². The van der Waals surface area contributed by atoms with Crippen LogP contribution in [0, 0.1) is 11.8 Å². The Morgan fingerprint density at radius 2 is 1.93 bits per heavy atom. The number of fused-ring (bicyclic) bond motifs is 2. The molecule has 0 bridgehead atoms. The van der Waals surface area contributed by atoms with E-state index in [0.717, 1.165) is 0 Å². The summed E-state index contributed by atoms with van der Waals surface area (Å²) in [6.07, 6.45) is 7.92. The molecule has 8 heteroatoms. The number of β-amino-alcohol motifs (C(OH)–C–C–N with tert-alkyl or cyclic N) is 1. The van der Waals surface area contributed by atoms with Crippen LogP contribution in [0.4, 0.5) is 0 Å². The van der Waals surface area contributed by atoms with E-state index in [1.807, 2.05) is 32.1 Å². The summed E-state index contributed by atoms with van der Waals surface area (Å²) in [5.41, 5.74) is -2.33. The van der Waals surface area contributed by atoms with E-state index in [-0.39, 0.29) is 37.6 Å². The number of rotatable bonds is 3. The van der Waals surface area contributed by atoms with E-state index >= 15 is 0 Å². The molecule has 29 heavy (non-hydrogen) atoms. The number of nitrogens with zero attached hydrogens (tertiary/aromatic N) is 2. The molecule has 1 unspecified atom stereocenters. The number of esters is 1. The average molecular weight is 404 g/mol. The Labute approximate surface area is 170 Å². The first-order chi connectivity index (χ1) is 13.8. The fourth-order valence-electron chi connectivity index (χ4n) is 5.32. The number of hydrogen-bond acceptors (Lipinski definition) is 6. The zero-order chi connectivity index (χ0) is 21.0. The Bertz CT molecular complexity index is 792. The quantitative estimate of drug-likeness (QED) is 0.535. The molecular weight excluding hydrogens is 376 g/mol. The molecule has 158 valence electrons. The third kappa shape index (κ3) is 2.76. The maximum absolute atomic E-state index is 13.6. The van der Waals surface area contributed by atoms with E-state index in [1.54, 1.807) is 17.9 Å². The fourth-order valence-corrected chi connectivity index (χ4v) is 5.32. The number of hydrogen-bond donors (Lipinski definition) is 1. The van der Waals surface area contributed by atoms with Gasteiger partial charge < -0.3 is 24.4 Å². The molecule has 5 atom stereocenters. The molecule has 1 N–H and O–H groups in total. The van der Waals surface area contributed by atoms with Crippen molar-refractivity contribution in [1.29, 1.82) is 0 Å². The lowest BCUT2D eigenvalue weighted by molar-refractivity contribution is -0.160. The Kier molecular flexibility index (Phi) is 4.82. The van der Waals surface area contributed by atoms with Gasteiger partial charge in [-0.2, -0.15) is 0 Å². The topological polar surface area (TPSA) is 96.4 Å². The Morgan fingerprint density at radius 3 is 2.62 bits per heavy atom. The van der Waals surface area contributed by atoms with Gasteiger partial charge in [0.15, 0.2) is 0 Å². The van der Waals surface area contributed by atoms with E-state index in [1.165, 1.54) is 4.90 Å². The molecule has 0 aromatic rings. The molecule has 0 aromatic carbocycles. The van der Waals surface area contributed by atoms with Crippen LogP contribution in [0.15, 0.2) is 24.3 Å². The van der Waals surface area contributed by atoms with Crippen molar-refractivity contribution in [3.05, 3.63) is 24.3 Å². The predicted octanol–water partition coefficient (Wildman–Crippen LogP) is 0.260. The minimum atomic E-state index is -1.28. The first kappa shape index (κ1) is 20.1. The van der Waals surface area contributed by atoms with Crippen LogP contribution in [0.5, 0.6) is 0 Å². The van der Waals surface area contributed by atoms with Gasteiger partial charge in [-0.15, -0.1) is 0 Å². The molecule has 2 amide bonds. The third-order valence-corrected chi connectivity index (χ3v) is 6.52. The number of likely N-dealkylation sites (tertiary alicyclic amines) is 1. The number of aliphatic hydroxyl groups excluding tert-OH is 1.